The quantitative estimate of drug-likeness (QED) is 0.623. The molecule has 1 saturated heterocycles. The number of carbonyl (C=O) groups excluding carboxylic acids is 2. The second kappa shape index (κ2) is 10.1. The van der Waals surface area contributed by atoms with Crippen molar-refractivity contribution in [2.45, 2.75) is 24.6 Å². The Morgan fingerprint density at radius 3 is 2.68 bits per heavy atom. The van der Waals surface area contributed by atoms with Crippen LogP contribution in [-0.4, -0.2) is 41.6 Å². The number of rotatable bonds is 7. The van der Waals surface area contributed by atoms with E-state index < -0.39 is 6.04 Å². The third-order valence-corrected chi connectivity index (χ3v) is 6.21. The number of carbonyl (C=O) groups is 2. The van der Waals surface area contributed by atoms with E-state index in [1.54, 1.807) is 40.9 Å². The average Bonchev–Trinajstić information content (AvgIpc) is 3.19. The average molecular weight is 465 g/mol. The van der Waals surface area contributed by atoms with E-state index in [1.165, 1.54) is 6.07 Å². The van der Waals surface area contributed by atoms with Crippen molar-refractivity contribution in [2.75, 3.05) is 18.8 Å². The van der Waals surface area contributed by atoms with Gasteiger partial charge in [0.1, 0.15) is 11.9 Å². The molecule has 1 heterocycles. The van der Waals surface area contributed by atoms with Crippen LogP contribution in [0.25, 0.3) is 0 Å². The fourth-order valence-electron chi connectivity index (χ4n) is 3.20. The summed E-state index contributed by atoms with van der Waals surface area (Å²) < 4.78 is 14.5. The Morgan fingerprint density at radius 2 is 1.93 bits per heavy atom. The van der Waals surface area contributed by atoms with E-state index in [0.717, 1.165) is 10.9 Å². The highest BCUT2D eigenvalue weighted by Gasteiger charge is 2.34. The second-order valence-corrected chi connectivity index (χ2v) is 8.62. The summed E-state index contributed by atoms with van der Waals surface area (Å²) in [6.07, 6.45) is 1.50. The summed E-state index contributed by atoms with van der Waals surface area (Å²) in [5.41, 5.74) is 1.25. The van der Waals surface area contributed by atoms with Crippen molar-refractivity contribution in [1.82, 2.24) is 10.2 Å². The standard InChI is InChI=1S/C21H22BrFN2O2S/c22-17-9-7-15(8-10-17)21(27)25-12-3-6-19(25)20(26)24-11-13-28-14-16-4-1-2-5-18(16)23/h1-2,4-5,7-10,19H,3,6,11-14H2,(H,24,26). The Labute approximate surface area is 177 Å². The monoisotopic (exact) mass is 464 g/mol. The molecule has 1 aliphatic rings. The van der Waals surface area contributed by atoms with Gasteiger partial charge in [0.15, 0.2) is 0 Å². The lowest BCUT2D eigenvalue weighted by Crippen LogP contribution is -2.46. The molecule has 0 aromatic heterocycles. The van der Waals surface area contributed by atoms with E-state index in [1.807, 2.05) is 18.2 Å². The maximum Gasteiger partial charge on any atom is 0.254 e. The third-order valence-electron chi connectivity index (χ3n) is 4.67. The van der Waals surface area contributed by atoms with E-state index in [9.17, 15) is 14.0 Å². The molecule has 2 amide bonds. The van der Waals surface area contributed by atoms with Crippen molar-refractivity contribution in [2.24, 2.45) is 0 Å². The number of hydrogen-bond donors (Lipinski definition) is 1. The zero-order chi connectivity index (χ0) is 19.9. The second-order valence-electron chi connectivity index (χ2n) is 6.60. The van der Waals surface area contributed by atoms with Gasteiger partial charge in [-0.25, -0.2) is 4.39 Å². The summed E-state index contributed by atoms with van der Waals surface area (Å²) in [6, 6.07) is 13.5. The van der Waals surface area contributed by atoms with Crippen LogP contribution in [0.5, 0.6) is 0 Å². The molecule has 1 atom stereocenters. The van der Waals surface area contributed by atoms with Crippen LogP contribution in [0.1, 0.15) is 28.8 Å². The molecule has 148 valence electrons. The number of amides is 2. The molecule has 0 bridgehead atoms. The Hall–Kier alpha value is -1.86. The fourth-order valence-corrected chi connectivity index (χ4v) is 4.31. The van der Waals surface area contributed by atoms with Crippen molar-refractivity contribution in [1.29, 1.82) is 0 Å². The summed E-state index contributed by atoms with van der Waals surface area (Å²) in [5.74, 6) is 0.828. The van der Waals surface area contributed by atoms with Gasteiger partial charge in [-0.3, -0.25) is 9.59 Å². The smallest absolute Gasteiger partial charge is 0.254 e. The van der Waals surface area contributed by atoms with Crippen LogP contribution in [0.4, 0.5) is 4.39 Å². The lowest BCUT2D eigenvalue weighted by atomic mass is 10.1. The summed E-state index contributed by atoms with van der Waals surface area (Å²) in [5, 5.41) is 2.92. The molecule has 0 aliphatic carbocycles. The first-order chi connectivity index (χ1) is 13.6. The number of benzene rings is 2. The maximum absolute atomic E-state index is 13.6. The molecule has 3 rings (SSSR count). The molecule has 1 unspecified atom stereocenters. The van der Waals surface area contributed by atoms with E-state index in [4.69, 9.17) is 0 Å². The van der Waals surface area contributed by atoms with Gasteiger partial charge in [0.2, 0.25) is 5.91 Å². The van der Waals surface area contributed by atoms with Gasteiger partial charge in [0.05, 0.1) is 0 Å². The van der Waals surface area contributed by atoms with Gasteiger partial charge in [0.25, 0.3) is 5.91 Å². The molecule has 0 radical (unpaired) electrons. The van der Waals surface area contributed by atoms with Crippen molar-refractivity contribution < 1.29 is 14.0 Å². The zero-order valence-corrected chi connectivity index (χ0v) is 17.8. The van der Waals surface area contributed by atoms with E-state index in [-0.39, 0.29) is 17.6 Å². The first kappa shape index (κ1) is 20.9. The summed E-state index contributed by atoms with van der Waals surface area (Å²) in [4.78, 5) is 26.9. The number of halogens is 2. The van der Waals surface area contributed by atoms with Crippen LogP contribution >= 0.6 is 27.7 Å². The number of nitrogens with one attached hydrogen (secondary N) is 1. The normalized spacial score (nSPS) is 16.2. The lowest BCUT2D eigenvalue weighted by Gasteiger charge is -2.24. The van der Waals surface area contributed by atoms with Gasteiger partial charge in [-0.2, -0.15) is 11.8 Å². The van der Waals surface area contributed by atoms with Crippen LogP contribution < -0.4 is 5.32 Å². The Balaban J connectivity index is 1.46. The predicted octanol–water partition coefficient (Wildman–Crippen LogP) is 4.24. The van der Waals surface area contributed by atoms with Crippen LogP contribution in [0.3, 0.4) is 0 Å². The van der Waals surface area contributed by atoms with Gasteiger partial charge >= 0.3 is 0 Å². The Morgan fingerprint density at radius 1 is 1.18 bits per heavy atom. The van der Waals surface area contributed by atoms with E-state index in [0.29, 0.717) is 42.1 Å². The van der Waals surface area contributed by atoms with Gasteiger partial charge in [-0.05, 0) is 48.7 Å². The fraction of sp³-hybridized carbons (Fsp3) is 0.333. The van der Waals surface area contributed by atoms with Crippen molar-refractivity contribution in [3.63, 3.8) is 0 Å². The van der Waals surface area contributed by atoms with Gasteiger partial charge in [-0.1, -0.05) is 34.1 Å². The number of nitrogens with zero attached hydrogens (tertiary/aromatic N) is 1. The largest absolute Gasteiger partial charge is 0.353 e. The van der Waals surface area contributed by atoms with Crippen LogP contribution in [-0.2, 0) is 10.5 Å². The molecule has 0 saturated carbocycles. The molecular formula is C21H22BrFN2O2S. The van der Waals surface area contributed by atoms with E-state index >= 15 is 0 Å². The molecule has 7 heteroatoms. The SMILES string of the molecule is O=C(NCCSCc1ccccc1F)C1CCCN1C(=O)c1ccc(Br)cc1. The zero-order valence-electron chi connectivity index (χ0n) is 15.4. The molecule has 1 fully saturated rings. The molecule has 2 aromatic rings. The van der Waals surface area contributed by atoms with Crippen LogP contribution in [0.2, 0.25) is 0 Å². The number of hydrogen-bond acceptors (Lipinski definition) is 3. The van der Waals surface area contributed by atoms with Gasteiger partial charge in [0, 0.05) is 34.6 Å². The highest BCUT2D eigenvalue weighted by Crippen LogP contribution is 2.21. The van der Waals surface area contributed by atoms with Crippen molar-refractivity contribution >= 4 is 39.5 Å². The van der Waals surface area contributed by atoms with Crippen molar-refractivity contribution in [3.05, 3.63) is 69.9 Å². The summed E-state index contributed by atoms with van der Waals surface area (Å²) in [7, 11) is 0. The van der Waals surface area contributed by atoms with Gasteiger partial charge in [-0.15, -0.1) is 0 Å². The number of likely N-dealkylation sites (tertiary alicyclic amines) is 1. The Bertz CT molecular complexity index is 831. The minimum atomic E-state index is -0.423. The molecule has 28 heavy (non-hydrogen) atoms. The first-order valence-electron chi connectivity index (χ1n) is 9.21. The van der Waals surface area contributed by atoms with E-state index in [2.05, 4.69) is 21.2 Å². The molecule has 4 nitrogen and oxygen atoms in total. The minimum Gasteiger partial charge on any atom is -0.353 e. The van der Waals surface area contributed by atoms with Gasteiger partial charge < -0.3 is 10.2 Å². The lowest BCUT2D eigenvalue weighted by molar-refractivity contribution is -0.124. The molecule has 1 aliphatic heterocycles. The van der Waals surface area contributed by atoms with Crippen LogP contribution in [0.15, 0.2) is 53.0 Å². The predicted molar refractivity (Wildman–Crippen MR) is 114 cm³/mol. The minimum absolute atomic E-state index is 0.112. The highest BCUT2D eigenvalue weighted by atomic mass is 79.9. The summed E-state index contributed by atoms with van der Waals surface area (Å²) >= 11 is 4.93. The molecule has 2 aromatic carbocycles. The first-order valence-corrected chi connectivity index (χ1v) is 11.2. The molecule has 0 spiro atoms. The maximum atomic E-state index is 13.6. The third kappa shape index (κ3) is 5.35. The van der Waals surface area contributed by atoms with Crippen molar-refractivity contribution in [3.8, 4) is 0 Å². The Kier molecular flexibility index (Phi) is 7.50. The molecular weight excluding hydrogens is 443 g/mol. The topological polar surface area (TPSA) is 49.4 Å². The summed E-state index contributed by atoms with van der Waals surface area (Å²) in [6.45, 7) is 1.09. The number of thioether (sulfide) groups is 1. The molecule has 1 N–H and O–H groups in total. The van der Waals surface area contributed by atoms with Crippen LogP contribution in [0, 0.1) is 5.82 Å². The highest BCUT2D eigenvalue weighted by molar-refractivity contribution is 9.10.